The molecule has 0 unspecified atom stereocenters. The Morgan fingerprint density at radius 3 is 2.31 bits per heavy atom. The summed E-state index contributed by atoms with van der Waals surface area (Å²) in [6.07, 6.45) is 23.0. The zero-order chi connectivity index (χ0) is 9.19. The topological polar surface area (TPSA) is 0 Å². The molecule has 0 heterocycles. The first-order valence-electron chi connectivity index (χ1n) is 5.28. The van der Waals surface area contributed by atoms with Crippen molar-refractivity contribution in [3.05, 3.63) is 42.9 Å². The summed E-state index contributed by atoms with van der Waals surface area (Å²) >= 11 is 0. The first-order valence-corrected chi connectivity index (χ1v) is 5.28. The van der Waals surface area contributed by atoms with Gasteiger partial charge in [-0.2, -0.15) is 0 Å². The first kappa shape index (κ1) is 10.3. The summed E-state index contributed by atoms with van der Waals surface area (Å²) in [5.41, 5.74) is 0. The Balaban J connectivity index is 2.28. The molecule has 1 radical (unpaired) electrons. The van der Waals surface area contributed by atoms with E-state index in [1.54, 1.807) is 0 Å². The number of allylic oxidation sites excluding steroid dienone is 6. The SMILES string of the molecule is [CH]1/C=C/CC/C=C\C/C=C\CCC1. The Morgan fingerprint density at radius 1 is 0.615 bits per heavy atom. The predicted octanol–water partition coefficient (Wildman–Crippen LogP) is 4.21. The van der Waals surface area contributed by atoms with E-state index >= 15 is 0 Å². The second kappa shape index (κ2) is 7.85. The van der Waals surface area contributed by atoms with Crippen molar-refractivity contribution in [3.8, 4) is 0 Å². The lowest BCUT2D eigenvalue weighted by Crippen LogP contribution is -1.73. The van der Waals surface area contributed by atoms with E-state index in [0.29, 0.717) is 0 Å². The molecular formula is C13H19. The average Bonchev–Trinajstić information content (AvgIpc) is 2.18. The maximum atomic E-state index is 2.29. The molecule has 0 nitrogen and oxygen atoms in total. The minimum absolute atomic E-state index is 1.10. The molecule has 0 saturated carbocycles. The van der Waals surface area contributed by atoms with Crippen LogP contribution in [0.4, 0.5) is 0 Å². The Bertz CT molecular complexity index is 184. The first-order chi connectivity index (χ1) is 6.50. The van der Waals surface area contributed by atoms with Crippen LogP contribution in [0.15, 0.2) is 36.5 Å². The molecule has 0 amide bonds. The van der Waals surface area contributed by atoms with Crippen LogP contribution in [-0.4, -0.2) is 0 Å². The van der Waals surface area contributed by atoms with E-state index in [0.717, 1.165) is 6.42 Å². The third kappa shape index (κ3) is 6.39. The molecule has 0 N–H and O–H groups in total. The van der Waals surface area contributed by atoms with E-state index in [4.69, 9.17) is 0 Å². The van der Waals surface area contributed by atoms with Crippen LogP contribution in [0.1, 0.15) is 38.5 Å². The second-order valence-electron chi connectivity index (χ2n) is 3.35. The number of rotatable bonds is 0. The molecule has 1 rings (SSSR count). The maximum absolute atomic E-state index is 2.29. The van der Waals surface area contributed by atoms with Crippen molar-refractivity contribution in [2.75, 3.05) is 0 Å². The van der Waals surface area contributed by atoms with Crippen molar-refractivity contribution in [3.63, 3.8) is 0 Å². The van der Waals surface area contributed by atoms with Gasteiger partial charge in [0.25, 0.3) is 0 Å². The van der Waals surface area contributed by atoms with E-state index in [2.05, 4.69) is 42.9 Å². The lowest BCUT2D eigenvalue weighted by Gasteiger charge is -1.91. The van der Waals surface area contributed by atoms with Crippen molar-refractivity contribution in [2.45, 2.75) is 38.5 Å². The Labute approximate surface area is 82.0 Å². The monoisotopic (exact) mass is 175 g/mol. The molecule has 0 heteroatoms. The van der Waals surface area contributed by atoms with Gasteiger partial charge in [-0.05, 0) is 44.9 Å². The molecule has 0 saturated heterocycles. The summed E-state index contributed by atoms with van der Waals surface area (Å²) in [5.74, 6) is 0. The fourth-order valence-electron chi connectivity index (χ4n) is 1.34. The molecule has 0 atom stereocenters. The third-order valence-electron chi connectivity index (χ3n) is 2.12. The molecule has 0 aromatic rings. The lowest BCUT2D eigenvalue weighted by atomic mass is 10.1. The highest BCUT2D eigenvalue weighted by atomic mass is 13.9. The van der Waals surface area contributed by atoms with Gasteiger partial charge in [-0.3, -0.25) is 0 Å². The fourth-order valence-corrected chi connectivity index (χ4v) is 1.34. The summed E-state index contributed by atoms with van der Waals surface area (Å²) in [6.45, 7) is 0. The second-order valence-corrected chi connectivity index (χ2v) is 3.35. The normalized spacial score (nSPS) is 27.7. The minimum atomic E-state index is 1.10. The van der Waals surface area contributed by atoms with Gasteiger partial charge < -0.3 is 0 Å². The van der Waals surface area contributed by atoms with Crippen molar-refractivity contribution < 1.29 is 0 Å². The highest BCUT2D eigenvalue weighted by Crippen LogP contribution is 2.04. The van der Waals surface area contributed by atoms with Gasteiger partial charge >= 0.3 is 0 Å². The predicted molar refractivity (Wildman–Crippen MR) is 59.4 cm³/mol. The van der Waals surface area contributed by atoms with E-state index in [1.807, 2.05) is 0 Å². The molecule has 0 spiro atoms. The van der Waals surface area contributed by atoms with Crippen molar-refractivity contribution in [2.24, 2.45) is 0 Å². The summed E-state index contributed by atoms with van der Waals surface area (Å²) in [4.78, 5) is 0. The van der Waals surface area contributed by atoms with E-state index in [1.165, 1.54) is 32.1 Å². The molecule has 71 valence electrons. The Morgan fingerprint density at radius 2 is 1.38 bits per heavy atom. The zero-order valence-corrected chi connectivity index (χ0v) is 8.28. The summed E-state index contributed by atoms with van der Waals surface area (Å²) in [6, 6.07) is 0. The Kier molecular flexibility index (Phi) is 6.22. The molecule has 0 bridgehead atoms. The molecule has 0 aromatic heterocycles. The summed E-state index contributed by atoms with van der Waals surface area (Å²) in [5, 5.41) is 0. The quantitative estimate of drug-likeness (QED) is 0.484. The molecule has 1 aliphatic rings. The van der Waals surface area contributed by atoms with Gasteiger partial charge in [0.15, 0.2) is 0 Å². The van der Waals surface area contributed by atoms with Crippen LogP contribution < -0.4 is 0 Å². The summed E-state index contributed by atoms with van der Waals surface area (Å²) in [7, 11) is 0. The number of hydrogen-bond acceptors (Lipinski definition) is 0. The fraction of sp³-hybridized carbons (Fsp3) is 0.462. The van der Waals surface area contributed by atoms with Crippen molar-refractivity contribution >= 4 is 0 Å². The van der Waals surface area contributed by atoms with Crippen LogP contribution in [0.2, 0.25) is 0 Å². The standard InChI is InChI=1S/C13H19/c1-2-4-6-8-10-12-13-11-9-7-5-3-1/h1-3,8,10-11,13H,4-7,9,12H2/b2-1+,10-8-,13-11-. The van der Waals surface area contributed by atoms with Crippen molar-refractivity contribution in [1.82, 2.24) is 0 Å². The van der Waals surface area contributed by atoms with Crippen LogP contribution in [0, 0.1) is 6.42 Å². The Hall–Kier alpha value is -0.780. The maximum Gasteiger partial charge on any atom is -0.0169 e. The molecule has 0 aliphatic heterocycles. The molecule has 13 heavy (non-hydrogen) atoms. The molecule has 0 aromatic carbocycles. The third-order valence-corrected chi connectivity index (χ3v) is 2.12. The van der Waals surface area contributed by atoms with Crippen molar-refractivity contribution in [1.29, 1.82) is 0 Å². The van der Waals surface area contributed by atoms with Gasteiger partial charge in [0.2, 0.25) is 0 Å². The van der Waals surface area contributed by atoms with Gasteiger partial charge in [-0.15, -0.1) is 0 Å². The van der Waals surface area contributed by atoms with Crippen LogP contribution in [0.5, 0.6) is 0 Å². The van der Waals surface area contributed by atoms with E-state index in [-0.39, 0.29) is 0 Å². The highest BCUT2D eigenvalue weighted by Gasteiger charge is 1.85. The van der Waals surface area contributed by atoms with E-state index in [9.17, 15) is 0 Å². The smallest absolute Gasteiger partial charge is 0.0169 e. The molecule has 0 fully saturated rings. The minimum Gasteiger partial charge on any atom is -0.0882 e. The van der Waals surface area contributed by atoms with Crippen LogP contribution in [0.3, 0.4) is 0 Å². The van der Waals surface area contributed by atoms with Gasteiger partial charge in [0.1, 0.15) is 0 Å². The highest BCUT2D eigenvalue weighted by molar-refractivity contribution is 4.98. The van der Waals surface area contributed by atoms with Crippen LogP contribution >= 0.6 is 0 Å². The summed E-state index contributed by atoms with van der Waals surface area (Å²) < 4.78 is 0. The molecular weight excluding hydrogens is 156 g/mol. The van der Waals surface area contributed by atoms with Gasteiger partial charge in [-0.25, -0.2) is 0 Å². The lowest BCUT2D eigenvalue weighted by molar-refractivity contribution is 0.840. The largest absolute Gasteiger partial charge is 0.0882 e. The van der Waals surface area contributed by atoms with Gasteiger partial charge in [0, 0.05) is 0 Å². The van der Waals surface area contributed by atoms with E-state index < -0.39 is 0 Å². The van der Waals surface area contributed by atoms with Gasteiger partial charge in [-0.1, -0.05) is 36.5 Å². The van der Waals surface area contributed by atoms with Crippen LogP contribution in [0.25, 0.3) is 0 Å². The zero-order valence-electron chi connectivity index (χ0n) is 8.28. The number of hydrogen-bond donors (Lipinski definition) is 0. The average molecular weight is 175 g/mol. The molecule has 1 aliphatic carbocycles. The van der Waals surface area contributed by atoms with Gasteiger partial charge in [0.05, 0.1) is 0 Å². The van der Waals surface area contributed by atoms with Crippen LogP contribution in [-0.2, 0) is 0 Å².